The van der Waals surface area contributed by atoms with Crippen molar-refractivity contribution in [3.05, 3.63) is 0 Å². The Bertz CT molecular complexity index is 50.9. The molecule has 0 aromatic rings. The highest BCUT2D eigenvalue weighted by atomic mass is 32.3. The van der Waals surface area contributed by atoms with Gasteiger partial charge in [-0.1, -0.05) is 10.5 Å². The van der Waals surface area contributed by atoms with Crippen LogP contribution in [0.4, 0.5) is 0 Å². The molecular formula is C3H11NOS2. The van der Waals surface area contributed by atoms with Crippen LogP contribution >= 0.6 is 23.1 Å². The van der Waals surface area contributed by atoms with Crippen LogP contribution in [0.5, 0.6) is 0 Å². The second-order valence-corrected chi connectivity index (χ2v) is 4.89. The van der Waals surface area contributed by atoms with E-state index in [1.165, 1.54) is 0 Å². The summed E-state index contributed by atoms with van der Waals surface area (Å²) in [5, 5.41) is 0.517. The van der Waals surface area contributed by atoms with Gasteiger partial charge in [0.25, 0.3) is 0 Å². The first-order valence-electron chi connectivity index (χ1n) is 1.90. The lowest BCUT2D eigenvalue weighted by atomic mass is 11.6. The molecule has 0 fully saturated rings. The summed E-state index contributed by atoms with van der Waals surface area (Å²) in [7, 11) is 0.185. The van der Waals surface area contributed by atoms with Crippen LogP contribution in [0.1, 0.15) is 0 Å². The highest BCUT2D eigenvalue weighted by molar-refractivity contribution is 8.31. The van der Waals surface area contributed by atoms with Crippen molar-refractivity contribution in [2.45, 2.75) is 0 Å². The van der Waals surface area contributed by atoms with Gasteiger partial charge in [0.2, 0.25) is 0 Å². The monoisotopic (exact) mass is 141 g/mol. The smallest absolute Gasteiger partial charge is 0.0537 e. The number of hydrogen-bond donors (Lipinski definition) is 3. The predicted octanol–water partition coefficient (Wildman–Crippen LogP) is 0.915. The average Bonchev–Trinajstić information content (AvgIpc) is 1.68. The Kier molecular flexibility index (Phi) is 3.06. The molecule has 0 aliphatic rings. The van der Waals surface area contributed by atoms with Crippen LogP contribution in [0.25, 0.3) is 0 Å². The quantitative estimate of drug-likeness (QED) is 0.500. The summed E-state index contributed by atoms with van der Waals surface area (Å²) in [6.45, 7) is 0. The Morgan fingerprint density at radius 3 is 2.29 bits per heavy atom. The Balaban J connectivity index is 3.36. The van der Waals surface area contributed by atoms with E-state index in [0.29, 0.717) is 5.08 Å². The first-order chi connectivity index (χ1) is 3.12. The molecular weight excluding hydrogens is 130 g/mol. The van der Waals surface area contributed by atoms with Crippen molar-refractivity contribution >= 4 is 23.1 Å². The number of hydrogen-bond acceptors (Lipinski definition) is 3. The number of rotatable bonds is 2. The molecule has 0 aliphatic carbocycles. The van der Waals surface area contributed by atoms with Crippen molar-refractivity contribution in [3.63, 3.8) is 0 Å². The highest BCUT2D eigenvalue weighted by Gasteiger charge is 2.04. The summed E-state index contributed by atoms with van der Waals surface area (Å²) in [6, 6.07) is 0. The van der Waals surface area contributed by atoms with Crippen LogP contribution < -0.4 is 4.72 Å². The summed E-state index contributed by atoms with van der Waals surface area (Å²) in [5.74, 6) is 0. The lowest BCUT2D eigenvalue weighted by Gasteiger charge is -2.25. The van der Waals surface area contributed by atoms with E-state index in [4.69, 9.17) is 4.55 Å². The SMILES string of the molecule is CNS(C)(O)CS. The van der Waals surface area contributed by atoms with Crippen LogP contribution in [0.2, 0.25) is 0 Å². The summed E-state index contributed by atoms with van der Waals surface area (Å²) >= 11 is 3.91. The first-order valence-corrected chi connectivity index (χ1v) is 4.70. The maximum atomic E-state index is 9.03. The molecule has 46 valence electrons. The standard InChI is InChI=1S/C3H11NOS2/c1-4-7(2,5)3-6/h4-6H,3H2,1-2H3. The van der Waals surface area contributed by atoms with Crippen molar-refractivity contribution in [2.75, 3.05) is 18.4 Å². The molecule has 0 saturated carbocycles. The van der Waals surface area contributed by atoms with E-state index < -0.39 is 10.5 Å². The van der Waals surface area contributed by atoms with Crippen LogP contribution in [0, 0.1) is 0 Å². The molecule has 2 nitrogen and oxygen atoms in total. The van der Waals surface area contributed by atoms with E-state index >= 15 is 0 Å². The Hall–Kier alpha value is 0.620. The third-order valence-corrected chi connectivity index (χ3v) is 3.58. The molecule has 4 heteroatoms. The van der Waals surface area contributed by atoms with Gasteiger partial charge in [-0.25, -0.2) is 0 Å². The van der Waals surface area contributed by atoms with Crippen LogP contribution in [-0.2, 0) is 0 Å². The van der Waals surface area contributed by atoms with E-state index in [1.54, 1.807) is 13.3 Å². The van der Waals surface area contributed by atoms with E-state index in [0.717, 1.165) is 0 Å². The van der Waals surface area contributed by atoms with E-state index in [-0.39, 0.29) is 0 Å². The molecule has 0 aromatic heterocycles. The minimum Gasteiger partial charge on any atom is -0.338 e. The summed E-state index contributed by atoms with van der Waals surface area (Å²) in [5.41, 5.74) is 0. The topological polar surface area (TPSA) is 32.3 Å². The molecule has 0 spiro atoms. The minimum atomic E-state index is -1.54. The molecule has 0 radical (unpaired) electrons. The van der Waals surface area contributed by atoms with Crippen molar-refractivity contribution in [2.24, 2.45) is 0 Å². The maximum Gasteiger partial charge on any atom is 0.0537 e. The molecule has 0 bridgehead atoms. The third-order valence-electron chi connectivity index (χ3n) is 0.691. The van der Waals surface area contributed by atoms with Gasteiger partial charge < -0.3 is 4.55 Å². The van der Waals surface area contributed by atoms with Gasteiger partial charge in [-0.15, -0.1) is 0 Å². The molecule has 0 aliphatic heterocycles. The van der Waals surface area contributed by atoms with Crippen molar-refractivity contribution in [1.82, 2.24) is 4.72 Å². The Morgan fingerprint density at radius 2 is 2.29 bits per heavy atom. The zero-order chi connectivity index (χ0) is 5.91. The predicted molar refractivity (Wildman–Crippen MR) is 39.1 cm³/mol. The fourth-order valence-corrected chi connectivity index (χ4v) is 0.581. The van der Waals surface area contributed by atoms with Gasteiger partial charge in [0.05, 0.1) is 5.08 Å². The van der Waals surface area contributed by atoms with Gasteiger partial charge in [-0.3, -0.25) is 4.72 Å². The first kappa shape index (κ1) is 7.62. The summed E-state index contributed by atoms with van der Waals surface area (Å²) in [4.78, 5) is 0. The molecule has 2 N–H and O–H groups in total. The van der Waals surface area contributed by atoms with Gasteiger partial charge >= 0.3 is 0 Å². The minimum absolute atomic E-state index is 0.517. The lowest BCUT2D eigenvalue weighted by molar-refractivity contribution is 0.627. The molecule has 0 heterocycles. The average molecular weight is 141 g/mol. The normalized spacial score (nSPS) is 23.4. The van der Waals surface area contributed by atoms with Gasteiger partial charge in [0, 0.05) is 6.26 Å². The number of nitrogens with one attached hydrogen (secondary N) is 1. The Morgan fingerprint density at radius 1 is 1.86 bits per heavy atom. The zero-order valence-electron chi connectivity index (χ0n) is 4.51. The molecule has 7 heavy (non-hydrogen) atoms. The molecule has 0 aromatic carbocycles. The van der Waals surface area contributed by atoms with E-state index in [9.17, 15) is 0 Å². The van der Waals surface area contributed by atoms with Crippen LogP contribution in [-0.4, -0.2) is 22.9 Å². The zero-order valence-corrected chi connectivity index (χ0v) is 6.22. The largest absolute Gasteiger partial charge is 0.338 e. The fourth-order valence-electron chi connectivity index (χ4n) is 0.0645. The molecule has 0 amide bonds. The van der Waals surface area contributed by atoms with E-state index in [2.05, 4.69) is 17.4 Å². The van der Waals surface area contributed by atoms with E-state index in [1.807, 2.05) is 0 Å². The lowest BCUT2D eigenvalue weighted by Crippen LogP contribution is -2.14. The summed E-state index contributed by atoms with van der Waals surface area (Å²) in [6.07, 6.45) is 1.75. The second kappa shape index (κ2) is 2.81. The maximum absolute atomic E-state index is 9.03. The van der Waals surface area contributed by atoms with Gasteiger partial charge in [0.15, 0.2) is 0 Å². The van der Waals surface area contributed by atoms with Crippen molar-refractivity contribution < 1.29 is 4.55 Å². The van der Waals surface area contributed by atoms with Crippen molar-refractivity contribution in [1.29, 1.82) is 0 Å². The molecule has 0 saturated heterocycles. The van der Waals surface area contributed by atoms with Crippen molar-refractivity contribution in [3.8, 4) is 0 Å². The Labute approximate surface area is 51.4 Å². The molecule has 1 unspecified atom stereocenters. The molecule has 1 atom stereocenters. The number of thiol groups is 1. The third kappa shape index (κ3) is 3.22. The van der Waals surface area contributed by atoms with Crippen LogP contribution in [0.3, 0.4) is 0 Å². The molecule has 0 rings (SSSR count). The summed E-state index contributed by atoms with van der Waals surface area (Å²) < 4.78 is 11.8. The second-order valence-electron chi connectivity index (χ2n) is 1.37. The van der Waals surface area contributed by atoms with Gasteiger partial charge in [0.1, 0.15) is 0 Å². The van der Waals surface area contributed by atoms with Gasteiger partial charge in [-0.05, 0) is 7.05 Å². The van der Waals surface area contributed by atoms with Crippen LogP contribution in [0.15, 0.2) is 0 Å². The van der Waals surface area contributed by atoms with Gasteiger partial charge in [-0.2, -0.15) is 12.6 Å². The highest BCUT2D eigenvalue weighted by Crippen LogP contribution is 2.33. The fraction of sp³-hybridized carbons (Fsp3) is 1.00.